The number of rotatable bonds is 5. The van der Waals surface area contributed by atoms with Crippen LogP contribution in [0.2, 0.25) is 0 Å². The zero-order valence-corrected chi connectivity index (χ0v) is 18.9. The van der Waals surface area contributed by atoms with Crippen molar-refractivity contribution in [3.05, 3.63) is 35.6 Å². The summed E-state index contributed by atoms with van der Waals surface area (Å²) in [6, 6.07) is 6.87. The number of likely N-dealkylation sites (tertiary alicyclic amines) is 1. The Labute approximate surface area is 179 Å². The Morgan fingerprint density at radius 2 is 2.22 bits per heavy atom. The number of likely N-dealkylation sites (N-methyl/N-ethyl adjacent to an activating group) is 1. The first-order valence-electron chi connectivity index (χ1n) is 9.56. The van der Waals surface area contributed by atoms with Gasteiger partial charge >= 0.3 is 0 Å². The lowest BCUT2D eigenvalue weighted by Gasteiger charge is -2.27. The Hall–Kier alpha value is -0.930. The molecule has 1 aromatic carbocycles. The number of benzene rings is 1. The van der Waals surface area contributed by atoms with Crippen molar-refractivity contribution in [3.8, 4) is 0 Å². The Balaban J connectivity index is 0.00000261. The van der Waals surface area contributed by atoms with Gasteiger partial charge in [-0.15, -0.1) is 24.0 Å². The van der Waals surface area contributed by atoms with E-state index >= 15 is 0 Å². The number of nitrogens with zero attached hydrogens (tertiary/aromatic N) is 3. The summed E-state index contributed by atoms with van der Waals surface area (Å²) in [5.74, 6) is 0.757. The summed E-state index contributed by atoms with van der Waals surface area (Å²) >= 11 is 0. The molecule has 0 bridgehead atoms. The number of hydrogen-bond donors (Lipinski definition) is 1. The molecule has 2 aliphatic rings. The number of hydrogen-bond acceptors (Lipinski definition) is 3. The lowest BCUT2D eigenvalue weighted by molar-refractivity contribution is 0.156. The van der Waals surface area contributed by atoms with Crippen LogP contribution in [-0.2, 0) is 4.74 Å². The second kappa shape index (κ2) is 10.0. The molecule has 2 saturated heterocycles. The van der Waals surface area contributed by atoms with Crippen LogP contribution in [0, 0.1) is 11.2 Å². The van der Waals surface area contributed by atoms with Crippen molar-refractivity contribution < 1.29 is 9.13 Å². The van der Waals surface area contributed by atoms with Crippen molar-refractivity contribution >= 4 is 29.9 Å². The minimum Gasteiger partial charge on any atom is -0.381 e. The average molecular weight is 490 g/mol. The smallest absolute Gasteiger partial charge is 0.194 e. The summed E-state index contributed by atoms with van der Waals surface area (Å²) in [7, 11) is 4.03. The standard InChI is InChI=1S/C20H31FN4O.HI/c1-4-22-19(25-10-8-20(14-25)9-11-26-15-20)23-13-18(24(2)3)16-6-5-7-17(21)12-16;/h5-7,12,18H,4,8-11,13-15H2,1-3H3,(H,22,23);1H. The molecule has 1 spiro atoms. The lowest BCUT2D eigenvalue weighted by Crippen LogP contribution is -2.42. The normalized spacial score (nSPS) is 23.7. The van der Waals surface area contributed by atoms with Crippen LogP contribution in [0.3, 0.4) is 0 Å². The van der Waals surface area contributed by atoms with E-state index in [2.05, 4.69) is 22.0 Å². The third-order valence-corrected chi connectivity index (χ3v) is 5.53. The topological polar surface area (TPSA) is 40.1 Å². The number of aliphatic imine (C=N–C) groups is 1. The van der Waals surface area contributed by atoms with E-state index in [0.717, 1.165) is 50.8 Å². The van der Waals surface area contributed by atoms with Gasteiger partial charge in [0.05, 0.1) is 19.2 Å². The van der Waals surface area contributed by atoms with Crippen molar-refractivity contribution in [3.63, 3.8) is 0 Å². The summed E-state index contributed by atoms with van der Waals surface area (Å²) in [5.41, 5.74) is 1.26. The van der Waals surface area contributed by atoms with Crippen LogP contribution in [0.4, 0.5) is 4.39 Å². The fraction of sp³-hybridized carbons (Fsp3) is 0.650. The maximum absolute atomic E-state index is 13.6. The molecular weight excluding hydrogens is 458 g/mol. The largest absolute Gasteiger partial charge is 0.381 e. The molecule has 0 aromatic heterocycles. The van der Waals surface area contributed by atoms with Crippen molar-refractivity contribution in [2.45, 2.75) is 25.8 Å². The second-order valence-corrected chi connectivity index (χ2v) is 7.70. The summed E-state index contributed by atoms with van der Waals surface area (Å²) < 4.78 is 19.3. The Kier molecular flexibility index (Phi) is 8.30. The van der Waals surface area contributed by atoms with Gasteiger partial charge in [0.2, 0.25) is 0 Å². The molecular formula is C20H32FIN4O. The van der Waals surface area contributed by atoms with Crippen LogP contribution in [-0.4, -0.2) is 69.2 Å². The molecule has 0 radical (unpaired) electrons. The Bertz CT molecular complexity index is 634. The second-order valence-electron chi connectivity index (χ2n) is 7.70. The van der Waals surface area contributed by atoms with Crippen molar-refractivity contribution in [2.75, 3.05) is 53.5 Å². The van der Waals surface area contributed by atoms with Gasteiger partial charge in [0, 0.05) is 31.7 Å². The van der Waals surface area contributed by atoms with E-state index in [9.17, 15) is 4.39 Å². The van der Waals surface area contributed by atoms with Gasteiger partial charge < -0.3 is 19.9 Å². The van der Waals surface area contributed by atoms with Crippen LogP contribution in [0.25, 0.3) is 0 Å². The third kappa shape index (κ3) is 5.54. The fourth-order valence-electron chi connectivity index (χ4n) is 3.97. The minimum absolute atomic E-state index is 0. The van der Waals surface area contributed by atoms with Crippen LogP contribution in [0.1, 0.15) is 31.4 Å². The molecule has 5 nitrogen and oxygen atoms in total. The van der Waals surface area contributed by atoms with Crippen LogP contribution in [0.15, 0.2) is 29.3 Å². The predicted molar refractivity (Wildman–Crippen MR) is 118 cm³/mol. The fourth-order valence-corrected chi connectivity index (χ4v) is 3.97. The van der Waals surface area contributed by atoms with Gasteiger partial charge in [0.15, 0.2) is 5.96 Å². The van der Waals surface area contributed by atoms with Gasteiger partial charge in [-0.2, -0.15) is 0 Å². The van der Waals surface area contributed by atoms with Crippen LogP contribution < -0.4 is 5.32 Å². The summed E-state index contributed by atoms with van der Waals surface area (Å²) in [5, 5.41) is 3.43. The number of guanidine groups is 1. The zero-order chi connectivity index (χ0) is 18.6. The maximum Gasteiger partial charge on any atom is 0.194 e. The lowest BCUT2D eigenvalue weighted by atomic mass is 9.87. The van der Waals surface area contributed by atoms with Gasteiger partial charge in [-0.3, -0.25) is 4.99 Å². The molecule has 0 saturated carbocycles. The molecule has 2 fully saturated rings. The van der Waals surface area contributed by atoms with Gasteiger partial charge in [0.25, 0.3) is 0 Å². The van der Waals surface area contributed by atoms with Crippen molar-refractivity contribution in [1.82, 2.24) is 15.1 Å². The highest BCUT2D eigenvalue weighted by atomic mass is 127. The SMILES string of the molecule is CCNC(=NCC(c1cccc(F)c1)N(C)C)N1CCC2(CCOC2)C1.I. The molecule has 27 heavy (non-hydrogen) atoms. The quantitative estimate of drug-likeness (QED) is 0.391. The van der Waals surface area contributed by atoms with Crippen LogP contribution >= 0.6 is 24.0 Å². The van der Waals surface area contributed by atoms with E-state index < -0.39 is 0 Å². The first-order chi connectivity index (χ1) is 12.5. The summed E-state index contributed by atoms with van der Waals surface area (Å²) in [6.45, 7) is 7.30. The van der Waals surface area contributed by atoms with E-state index in [4.69, 9.17) is 9.73 Å². The van der Waals surface area contributed by atoms with E-state index in [-0.39, 0.29) is 35.8 Å². The molecule has 0 amide bonds. The number of halogens is 2. The van der Waals surface area contributed by atoms with Gasteiger partial charge in [-0.05, 0) is 51.6 Å². The van der Waals surface area contributed by atoms with E-state index in [1.54, 1.807) is 12.1 Å². The first kappa shape index (κ1) is 22.4. The molecule has 2 atom stereocenters. The number of ether oxygens (including phenoxy) is 1. The van der Waals surface area contributed by atoms with E-state index in [1.165, 1.54) is 12.5 Å². The van der Waals surface area contributed by atoms with E-state index in [1.807, 2.05) is 20.2 Å². The summed E-state index contributed by atoms with van der Waals surface area (Å²) in [4.78, 5) is 9.36. The monoisotopic (exact) mass is 490 g/mol. The zero-order valence-electron chi connectivity index (χ0n) is 16.6. The summed E-state index contributed by atoms with van der Waals surface area (Å²) in [6.07, 6.45) is 2.31. The number of nitrogens with one attached hydrogen (secondary N) is 1. The van der Waals surface area contributed by atoms with Crippen molar-refractivity contribution in [1.29, 1.82) is 0 Å². The first-order valence-corrected chi connectivity index (χ1v) is 9.56. The Morgan fingerprint density at radius 3 is 2.85 bits per heavy atom. The highest BCUT2D eigenvalue weighted by Crippen LogP contribution is 2.38. The predicted octanol–water partition coefficient (Wildman–Crippen LogP) is 3.12. The Morgan fingerprint density at radius 1 is 1.41 bits per heavy atom. The minimum atomic E-state index is -0.201. The van der Waals surface area contributed by atoms with Gasteiger partial charge in [0.1, 0.15) is 5.82 Å². The van der Waals surface area contributed by atoms with Gasteiger partial charge in [-0.1, -0.05) is 12.1 Å². The molecule has 2 heterocycles. The van der Waals surface area contributed by atoms with E-state index in [0.29, 0.717) is 12.0 Å². The molecule has 3 rings (SSSR count). The third-order valence-electron chi connectivity index (χ3n) is 5.53. The average Bonchev–Trinajstić information content (AvgIpc) is 3.24. The van der Waals surface area contributed by atoms with Crippen molar-refractivity contribution in [2.24, 2.45) is 10.4 Å². The molecule has 1 N–H and O–H groups in total. The molecule has 7 heteroatoms. The molecule has 152 valence electrons. The highest BCUT2D eigenvalue weighted by molar-refractivity contribution is 14.0. The van der Waals surface area contributed by atoms with Gasteiger partial charge in [-0.25, -0.2) is 4.39 Å². The molecule has 2 aliphatic heterocycles. The molecule has 2 unspecified atom stereocenters. The van der Waals surface area contributed by atoms with Crippen LogP contribution in [0.5, 0.6) is 0 Å². The molecule has 1 aromatic rings. The highest BCUT2D eigenvalue weighted by Gasteiger charge is 2.42. The maximum atomic E-state index is 13.6. The molecule has 0 aliphatic carbocycles.